The zero-order valence-electron chi connectivity index (χ0n) is 14.3. The summed E-state index contributed by atoms with van der Waals surface area (Å²) in [6, 6.07) is 9.13. The molecule has 0 amide bonds. The summed E-state index contributed by atoms with van der Waals surface area (Å²) in [5.41, 5.74) is 1.40. The van der Waals surface area contributed by atoms with Crippen molar-refractivity contribution in [3.05, 3.63) is 29.8 Å². The van der Waals surface area contributed by atoms with Crippen LogP contribution < -0.4 is 10.1 Å². The maximum absolute atomic E-state index is 5.55. The molecule has 1 aromatic rings. The number of hydrogen-bond acceptors (Lipinski definition) is 2. The lowest BCUT2D eigenvalue weighted by Gasteiger charge is -2.28. The molecule has 21 heavy (non-hydrogen) atoms. The van der Waals surface area contributed by atoms with Crippen molar-refractivity contribution in [2.45, 2.75) is 65.8 Å². The van der Waals surface area contributed by atoms with Crippen LogP contribution in [0.3, 0.4) is 0 Å². The minimum Gasteiger partial charge on any atom is -0.494 e. The molecule has 0 aliphatic rings. The first-order chi connectivity index (χ1) is 10.3. The predicted molar refractivity (Wildman–Crippen MR) is 92.0 cm³/mol. The third kappa shape index (κ3) is 6.09. The van der Waals surface area contributed by atoms with Crippen molar-refractivity contribution >= 4 is 0 Å². The highest BCUT2D eigenvalue weighted by molar-refractivity contribution is 5.29. The minimum absolute atomic E-state index is 0.470. The second-order valence-electron chi connectivity index (χ2n) is 5.74. The number of ether oxygens (including phenoxy) is 1. The van der Waals surface area contributed by atoms with Crippen LogP contribution in [0.25, 0.3) is 0 Å². The Kier molecular flexibility index (Phi) is 9.16. The molecule has 0 saturated carbocycles. The highest BCUT2D eigenvalue weighted by Crippen LogP contribution is 2.30. The van der Waals surface area contributed by atoms with Gasteiger partial charge in [0.15, 0.2) is 0 Å². The maximum Gasteiger partial charge on any atom is 0.119 e. The molecule has 2 atom stereocenters. The lowest BCUT2D eigenvalue weighted by Crippen LogP contribution is -2.29. The Labute approximate surface area is 131 Å². The van der Waals surface area contributed by atoms with Crippen molar-refractivity contribution < 1.29 is 4.74 Å². The van der Waals surface area contributed by atoms with Crippen LogP contribution in [-0.2, 0) is 0 Å². The largest absolute Gasteiger partial charge is 0.494 e. The molecule has 1 N–H and O–H groups in total. The van der Waals surface area contributed by atoms with Crippen LogP contribution in [-0.4, -0.2) is 13.2 Å². The van der Waals surface area contributed by atoms with Gasteiger partial charge in [-0.05, 0) is 49.9 Å². The number of hydrogen-bond donors (Lipinski definition) is 1. The molecule has 0 spiro atoms. The molecule has 2 nitrogen and oxygen atoms in total. The van der Waals surface area contributed by atoms with Crippen LogP contribution in [0.4, 0.5) is 0 Å². The molecule has 0 aliphatic carbocycles. The molecule has 0 saturated heterocycles. The monoisotopic (exact) mass is 291 g/mol. The Morgan fingerprint density at radius 2 is 1.71 bits per heavy atom. The minimum atomic E-state index is 0.470. The second-order valence-corrected chi connectivity index (χ2v) is 5.74. The first-order valence-corrected chi connectivity index (χ1v) is 8.72. The van der Waals surface area contributed by atoms with E-state index in [1.807, 2.05) is 6.92 Å². The van der Waals surface area contributed by atoms with Crippen LogP contribution >= 0.6 is 0 Å². The van der Waals surface area contributed by atoms with Crippen LogP contribution in [0.1, 0.15) is 71.4 Å². The predicted octanol–water partition coefficient (Wildman–Crippen LogP) is 5.34. The number of nitrogens with one attached hydrogen (secondary N) is 1. The summed E-state index contributed by atoms with van der Waals surface area (Å²) in [4.78, 5) is 0. The molecule has 0 heterocycles. The Bertz CT molecular complexity index is 360. The van der Waals surface area contributed by atoms with Crippen molar-refractivity contribution in [2.24, 2.45) is 5.92 Å². The molecule has 0 radical (unpaired) electrons. The highest BCUT2D eigenvalue weighted by Gasteiger charge is 2.20. The second kappa shape index (κ2) is 10.7. The van der Waals surface area contributed by atoms with Gasteiger partial charge in [-0.15, -0.1) is 0 Å². The van der Waals surface area contributed by atoms with E-state index in [0.717, 1.165) is 24.8 Å². The lowest BCUT2D eigenvalue weighted by molar-refractivity contribution is 0.322. The molecular weight excluding hydrogens is 258 g/mol. The average Bonchev–Trinajstić information content (AvgIpc) is 2.52. The van der Waals surface area contributed by atoms with Gasteiger partial charge in [0.2, 0.25) is 0 Å². The zero-order chi connectivity index (χ0) is 15.5. The summed E-state index contributed by atoms with van der Waals surface area (Å²) >= 11 is 0. The molecule has 0 bridgehead atoms. The molecule has 1 rings (SSSR count). The molecule has 2 heteroatoms. The van der Waals surface area contributed by atoms with E-state index in [-0.39, 0.29) is 0 Å². The van der Waals surface area contributed by atoms with Crippen molar-refractivity contribution in [3.8, 4) is 5.75 Å². The van der Waals surface area contributed by atoms with Gasteiger partial charge in [-0.1, -0.05) is 52.2 Å². The molecular formula is C19H33NO. The lowest BCUT2D eigenvalue weighted by atomic mass is 9.86. The summed E-state index contributed by atoms with van der Waals surface area (Å²) in [5.74, 6) is 1.69. The van der Waals surface area contributed by atoms with Crippen LogP contribution in [0.5, 0.6) is 5.75 Å². The van der Waals surface area contributed by atoms with E-state index in [2.05, 4.69) is 50.4 Å². The van der Waals surface area contributed by atoms with Gasteiger partial charge in [-0.3, -0.25) is 0 Å². The van der Waals surface area contributed by atoms with E-state index < -0.39 is 0 Å². The van der Waals surface area contributed by atoms with Crippen LogP contribution in [0.15, 0.2) is 24.3 Å². The van der Waals surface area contributed by atoms with Gasteiger partial charge in [-0.2, -0.15) is 0 Å². The fraction of sp³-hybridized carbons (Fsp3) is 0.684. The van der Waals surface area contributed by atoms with Gasteiger partial charge < -0.3 is 10.1 Å². The fourth-order valence-electron chi connectivity index (χ4n) is 2.87. The molecule has 0 fully saturated rings. The van der Waals surface area contributed by atoms with Gasteiger partial charge in [0.05, 0.1) is 6.61 Å². The standard InChI is InChI=1S/C19H33NO/c1-5-9-10-16(7-3)19(20-15-6-2)17-11-13-18(14-12-17)21-8-4/h11-14,16,19-20H,5-10,15H2,1-4H3. The summed E-state index contributed by atoms with van der Waals surface area (Å²) in [6.07, 6.45) is 6.31. The Morgan fingerprint density at radius 1 is 1.00 bits per heavy atom. The van der Waals surface area contributed by atoms with E-state index in [1.54, 1.807) is 0 Å². The van der Waals surface area contributed by atoms with Crippen molar-refractivity contribution in [2.75, 3.05) is 13.2 Å². The van der Waals surface area contributed by atoms with E-state index in [9.17, 15) is 0 Å². The third-order valence-corrected chi connectivity index (χ3v) is 4.09. The van der Waals surface area contributed by atoms with Gasteiger partial charge >= 0.3 is 0 Å². The summed E-state index contributed by atoms with van der Waals surface area (Å²) in [6.45, 7) is 10.7. The van der Waals surface area contributed by atoms with Gasteiger partial charge in [0.1, 0.15) is 5.75 Å². The number of benzene rings is 1. The van der Waals surface area contributed by atoms with Gasteiger partial charge in [0, 0.05) is 6.04 Å². The van der Waals surface area contributed by atoms with Gasteiger partial charge in [-0.25, -0.2) is 0 Å². The first-order valence-electron chi connectivity index (χ1n) is 8.72. The fourth-order valence-corrected chi connectivity index (χ4v) is 2.87. The summed E-state index contributed by atoms with van der Waals surface area (Å²) < 4.78 is 5.55. The third-order valence-electron chi connectivity index (χ3n) is 4.09. The molecule has 120 valence electrons. The molecule has 0 aliphatic heterocycles. The topological polar surface area (TPSA) is 21.3 Å². The normalized spacial score (nSPS) is 13.9. The maximum atomic E-state index is 5.55. The van der Waals surface area contributed by atoms with Crippen molar-refractivity contribution in [3.63, 3.8) is 0 Å². The smallest absolute Gasteiger partial charge is 0.119 e. The first kappa shape index (κ1) is 18.0. The molecule has 0 aromatic heterocycles. The Balaban J connectivity index is 2.83. The summed E-state index contributed by atoms with van der Waals surface area (Å²) in [5, 5.41) is 3.76. The van der Waals surface area contributed by atoms with E-state index in [0.29, 0.717) is 6.04 Å². The zero-order valence-corrected chi connectivity index (χ0v) is 14.3. The van der Waals surface area contributed by atoms with E-state index in [1.165, 1.54) is 37.7 Å². The molecule has 1 aromatic carbocycles. The van der Waals surface area contributed by atoms with Crippen LogP contribution in [0, 0.1) is 5.92 Å². The number of rotatable bonds is 11. The number of unbranched alkanes of at least 4 members (excludes halogenated alkanes) is 1. The van der Waals surface area contributed by atoms with E-state index >= 15 is 0 Å². The SMILES string of the molecule is CCCCC(CC)C(NCCC)c1ccc(OCC)cc1. The average molecular weight is 291 g/mol. The van der Waals surface area contributed by atoms with E-state index in [4.69, 9.17) is 4.74 Å². The van der Waals surface area contributed by atoms with Gasteiger partial charge in [0.25, 0.3) is 0 Å². The van der Waals surface area contributed by atoms with Crippen molar-refractivity contribution in [1.29, 1.82) is 0 Å². The van der Waals surface area contributed by atoms with Crippen molar-refractivity contribution in [1.82, 2.24) is 5.32 Å². The Morgan fingerprint density at radius 3 is 2.24 bits per heavy atom. The quantitative estimate of drug-likeness (QED) is 0.594. The molecule has 2 unspecified atom stereocenters. The Hall–Kier alpha value is -1.02. The summed E-state index contributed by atoms with van der Waals surface area (Å²) in [7, 11) is 0. The highest BCUT2D eigenvalue weighted by atomic mass is 16.5. The van der Waals surface area contributed by atoms with Crippen LogP contribution in [0.2, 0.25) is 0 Å².